The van der Waals surface area contributed by atoms with Gasteiger partial charge in [0.1, 0.15) is 11.3 Å². The molecule has 0 saturated heterocycles. The molecule has 0 spiro atoms. The SMILES string of the molecule is Cc1ccc(CNc2ccc(O)c3ncccc23)cc1. The molecule has 0 fully saturated rings. The van der Waals surface area contributed by atoms with Gasteiger partial charge in [-0.25, -0.2) is 0 Å². The topological polar surface area (TPSA) is 45.1 Å². The standard InChI is InChI=1S/C17H16N2O/c1-12-4-6-13(7-5-12)11-19-15-8-9-16(20)17-14(15)3-2-10-18-17/h2-10,19-20H,11H2,1H3. The Kier molecular flexibility index (Phi) is 3.25. The van der Waals surface area contributed by atoms with Crippen molar-refractivity contribution in [2.24, 2.45) is 0 Å². The minimum Gasteiger partial charge on any atom is -0.506 e. The average molecular weight is 264 g/mol. The van der Waals surface area contributed by atoms with Crippen molar-refractivity contribution >= 4 is 16.6 Å². The quantitative estimate of drug-likeness (QED) is 0.706. The molecule has 0 aliphatic carbocycles. The predicted molar refractivity (Wildman–Crippen MR) is 81.9 cm³/mol. The summed E-state index contributed by atoms with van der Waals surface area (Å²) >= 11 is 0. The Balaban J connectivity index is 1.88. The number of rotatable bonds is 3. The number of fused-ring (bicyclic) bond motifs is 1. The summed E-state index contributed by atoms with van der Waals surface area (Å²) in [6.45, 7) is 2.82. The molecule has 0 saturated carbocycles. The van der Waals surface area contributed by atoms with E-state index in [2.05, 4.69) is 41.5 Å². The van der Waals surface area contributed by atoms with Gasteiger partial charge in [0.05, 0.1) is 0 Å². The van der Waals surface area contributed by atoms with Crippen LogP contribution in [0.1, 0.15) is 11.1 Å². The normalized spacial score (nSPS) is 10.7. The van der Waals surface area contributed by atoms with Crippen molar-refractivity contribution in [2.75, 3.05) is 5.32 Å². The van der Waals surface area contributed by atoms with Crippen molar-refractivity contribution in [3.63, 3.8) is 0 Å². The van der Waals surface area contributed by atoms with Crippen LogP contribution in [-0.2, 0) is 6.54 Å². The van der Waals surface area contributed by atoms with E-state index in [4.69, 9.17) is 0 Å². The van der Waals surface area contributed by atoms with Crippen molar-refractivity contribution in [3.05, 3.63) is 65.9 Å². The molecule has 0 bridgehead atoms. The lowest BCUT2D eigenvalue weighted by Gasteiger charge is -2.10. The zero-order valence-electron chi connectivity index (χ0n) is 11.3. The first-order valence-corrected chi connectivity index (χ1v) is 6.60. The third-order valence-corrected chi connectivity index (χ3v) is 3.35. The summed E-state index contributed by atoms with van der Waals surface area (Å²) in [5.74, 6) is 0.210. The van der Waals surface area contributed by atoms with Gasteiger partial charge < -0.3 is 10.4 Å². The molecule has 0 unspecified atom stereocenters. The highest BCUT2D eigenvalue weighted by atomic mass is 16.3. The van der Waals surface area contributed by atoms with Gasteiger partial charge in [0.2, 0.25) is 0 Å². The third-order valence-electron chi connectivity index (χ3n) is 3.35. The molecule has 2 N–H and O–H groups in total. The number of aromatic hydroxyl groups is 1. The van der Waals surface area contributed by atoms with Crippen LogP contribution in [0.15, 0.2) is 54.7 Å². The number of nitrogens with zero attached hydrogens (tertiary/aromatic N) is 1. The van der Waals surface area contributed by atoms with Gasteiger partial charge in [0, 0.05) is 23.8 Å². The van der Waals surface area contributed by atoms with Gasteiger partial charge in [-0.3, -0.25) is 4.98 Å². The van der Waals surface area contributed by atoms with E-state index in [1.54, 1.807) is 12.3 Å². The summed E-state index contributed by atoms with van der Waals surface area (Å²) in [6, 6.07) is 15.8. The van der Waals surface area contributed by atoms with E-state index in [9.17, 15) is 5.11 Å². The van der Waals surface area contributed by atoms with Crippen molar-refractivity contribution < 1.29 is 5.11 Å². The molecule has 0 amide bonds. The van der Waals surface area contributed by atoms with Crippen LogP contribution in [0.4, 0.5) is 5.69 Å². The van der Waals surface area contributed by atoms with Gasteiger partial charge >= 0.3 is 0 Å². The van der Waals surface area contributed by atoms with Crippen molar-refractivity contribution in [1.82, 2.24) is 4.98 Å². The number of pyridine rings is 1. The number of phenolic OH excluding ortho intramolecular Hbond substituents is 1. The maximum atomic E-state index is 9.82. The second-order valence-corrected chi connectivity index (χ2v) is 4.87. The van der Waals surface area contributed by atoms with E-state index in [1.165, 1.54) is 11.1 Å². The van der Waals surface area contributed by atoms with E-state index >= 15 is 0 Å². The third kappa shape index (κ3) is 2.43. The Morgan fingerprint density at radius 1 is 1.05 bits per heavy atom. The molecule has 0 aliphatic heterocycles. The van der Waals surface area contributed by atoms with Crippen molar-refractivity contribution in [2.45, 2.75) is 13.5 Å². The van der Waals surface area contributed by atoms with Gasteiger partial charge in [0.15, 0.2) is 0 Å². The molecule has 3 heteroatoms. The average Bonchev–Trinajstić information content (AvgIpc) is 2.49. The van der Waals surface area contributed by atoms with Gasteiger partial charge in [-0.05, 0) is 36.8 Å². The Hall–Kier alpha value is -2.55. The van der Waals surface area contributed by atoms with Crippen LogP contribution in [0.5, 0.6) is 5.75 Å². The Labute approximate surface area is 117 Å². The summed E-state index contributed by atoms with van der Waals surface area (Å²) in [7, 11) is 0. The smallest absolute Gasteiger partial charge is 0.141 e. The van der Waals surface area contributed by atoms with Gasteiger partial charge in [-0.1, -0.05) is 29.8 Å². The van der Waals surface area contributed by atoms with Crippen LogP contribution in [0, 0.1) is 6.92 Å². The van der Waals surface area contributed by atoms with Gasteiger partial charge in [-0.15, -0.1) is 0 Å². The number of phenols is 1. The van der Waals surface area contributed by atoms with Gasteiger partial charge in [-0.2, -0.15) is 0 Å². The highest BCUT2D eigenvalue weighted by molar-refractivity contribution is 5.94. The van der Waals surface area contributed by atoms with Crippen LogP contribution in [0.3, 0.4) is 0 Å². The molecule has 3 nitrogen and oxygen atoms in total. The predicted octanol–water partition coefficient (Wildman–Crippen LogP) is 3.86. The fourth-order valence-corrected chi connectivity index (χ4v) is 2.22. The van der Waals surface area contributed by atoms with Crippen LogP contribution < -0.4 is 5.32 Å². The Morgan fingerprint density at radius 2 is 1.85 bits per heavy atom. The number of hydrogen-bond acceptors (Lipinski definition) is 3. The molecule has 1 aromatic heterocycles. The second kappa shape index (κ2) is 5.21. The molecule has 3 aromatic rings. The monoisotopic (exact) mass is 264 g/mol. The zero-order chi connectivity index (χ0) is 13.9. The molecular formula is C17H16N2O. The molecule has 100 valence electrons. The van der Waals surface area contributed by atoms with E-state index in [-0.39, 0.29) is 5.75 Å². The number of aryl methyl sites for hydroxylation is 1. The molecule has 1 heterocycles. The first-order chi connectivity index (χ1) is 9.74. The van der Waals surface area contributed by atoms with E-state index in [0.29, 0.717) is 5.52 Å². The van der Waals surface area contributed by atoms with Crippen LogP contribution >= 0.6 is 0 Å². The lowest BCUT2D eigenvalue weighted by Crippen LogP contribution is -2.00. The summed E-state index contributed by atoms with van der Waals surface area (Å²) in [5.41, 5.74) is 4.08. The lowest BCUT2D eigenvalue weighted by atomic mass is 10.1. The number of nitrogens with one attached hydrogen (secondary N) is 1. The Bertz CT molecular complexity index is 736. The number of hydrogen-bond donors (Lipinski definition) is 2. The molecule has 0 radical (unpaired) electrons. The molecule has 3 rings (SSSR count). The number of aromatic nitrogens is 1. The van der Waals surface area contributed by atoms with Crippen LogP contribution in [-0.4, -0.2) is 10.1 Å². The minimum absolute atomic E-state index is 0.210. The van der Waals surface area contributed by atoms with E-state index in [1.807, 2.05) is 18.2 Å². The zero-order valence-corrected chi connectivity index (χ0v) is 11.3. The highest BCUT2D eigenvalue weighted by Crippen LogP contribution is 2.29. The summed E-state index contributed by atoms with van der Waals surface area (Å²) in [5, 5.41) is 14.2. The molecule has 0 aliphatic rings. The van der Waals surface area contributed by atoms with E-state index in [0.717, 1.165) is 17.6 Å². The minimum atomic E-state index is 0.210. The summed E-state index contributed by atoms with van der Waals surface area (Å²) in [6.07, 6.45) is 1.69. The largest absolute Gasteiger partial charge is 0.506 e. The molecule has 0 atom stereocenters. The van der Waals surface area contributed by atoms with Crippen LogP contribution in [0.2, 0.25) is 0 Å². The molecular weight excluding hydrogens is 248 g/mol. The molecule has 2 aromatic carbocycles. The first-order valence-electron chi connectivity index (χ1n) is 6.60. The number of benzene rings is 2. The second-order valence-electron chi connectivity index (χ2n) is 4.87. The highest BCUT2D eigenvalue weighted by Gasteiger charge is 2.05. The number of anilines is 1. The van der Waals surface area contributed by atoms with E-state index < -0.39 is 0 Å². The Morgan fingerprint density at radius 3 is 2.65 bits per heavy atom. The van der Waals surface area contributed by atoms with Crippen LogP contribution in [0.25, 0.3) is 10.9 Å². The molecule has 20 heavy (non-hydrogen) atoms. The van der Waals surface area contributed by atoms with Crippen molar-refractivity contribution in [1.29, 1.82) is 0 Å². The summed E-state index contributed by atoms with van der Waals surface area (Å²) < 4.78 is 0. The van der Waals surface area contributed by atoms with Gasteiger partial charge in [0.25, 0.3) is 0 Å². The maximum Gasteiger partial charge on any atom is 0.141 e. The lowest BCUT2D eigenvalue weighted by molar-refractivity contribution is 0.480. The fourth-order valence-electron chi connectivity index (χ4n) is 2.22. The fraction of sp³-hybridized carbons (Fsp3) is 0.118. The maximum absolute atomic E-state index is 9.82. The summed E-state index contributed by atoms with van der Waals surface area (Å²) in [4.78, 5) is 4.22. The van der Waals surface area contributed by atoms with Crippen molar-refractivity contribution in [3.8, 4) is 5.75 Å². The first kappa shape index (κ1) is 12.5.